The summed E-state index contributed by atoms with van der Waals surface area (Å²) < 4.78 is 0. The fourth-order valence-electron chi connectivity index (χ4n) is 5.54. The molecule has 1 aromatic carbocycles. The van der Waals surface area contributed by atoms with Crippen molar-refractivity contribution in [2.45, 2.75) is 63.5 Å². The van der Waals surface area contributed by atoms with Gasteiger partial charge < -0.3 is 20.4 Å². The molecule has 3 heterocycles. The van der Waals surface area contributed by atoms with Gasteiger partial charge in [-0.15, -0.1) is 0 Å². The zero-order valence-corrected chi connectivity index (χ0v) is 21.6. The molecule has 3 aliphatic rings. The first-order chi connectivity index (χ1) is 16.8. The molecule has 0 unspecified atom stereocenters. The summed E-state index contributed by atoms with van der Waals surface area (Å²) in [5.74, 6) is 2.14. The standard InChI is InChI=1S/C27H35ClN6O/c1-17(2)29-14-22(20-5-7-21(28)8-6-20)26(35)34-12-11-33(15-27(34)9-10-27)25-23-18(3)13-19(4)32-24(23)30-16-31-25/h5-8,16-18,22,29H,4,9-15H2,1-3H3,(H,30,31,32)/t18-,22-/m1/s1. The van der Waals surface area contributed by atoms with E-state index in [4.69, 9.17) is 16.6 Å². The van der Waals surface area contributed by atoms with E-state index in [1.807, 2.05) is 24.3 Å². The highest BCUT2D eigenvalue weighted by Crippen LogP contribution is 2.47. The number of carbonyl (C=O) groups is 1. The Balaban J connectivity index is 1.38. The molecule has 0 bridgehead atoms. The van der Waals surface area contributed by atoms with Crippen molar-refractivity contribution < 1.29 is 4.79 Å². The number of hydrogen-bond acceptors (Lipinski definition) is 6. The van der Waals surface area contributed by atoms with Gasteiger partial charge in [0.05, 0.1) is 11.5 Å². The average molecular weight is 495 g/mol. The number of anilines is 2. The fourth-order valence-corrected chi connectivity index (χ4v) is 5.67. The van der Waals surface area contributed by atoms with Crippen LogP contribution in [0.4, 0.5) is 11.6 Å². The van der Waals surface area contributed by atoms with E-state index < -0.39 is 0 Å². The van der Waals surface area contributed by atoms with Crippen molar-refractivity contribution in [3.63, 3.8) is 0 Å². The van der Waals surface area contributed by atoms with Gasteiger partial charge in [0.25, 0.3) is 0 Å². The van der Waals surface area contributed by atoms with Crippen LogP contribution in [-0.2, 0) is 4.79 Å². The van der Waals surface area contributed by atoms with Gasteiger partial charge in [-0.3, -0.25) is 4.79 Å². The Bertz CT molecular complexity index is 1110. The minimum Gasteiger partial charge on any atom is -0.352 e. The van der Waals surface area contributed by atoms with Crippen molar-refractivity contribution in [3.05, 3.63) is 59.0 Å². The van der Waals surface area contributed by atoms with Crippen LogP contribution in [0.2, 0.25) is 5.02 Å². The van der Waals surface area contributed by atoms with E-state index in [0.29, 0.717) is 30.1 Å². The van der Waals surface area contributed by atoms with Crippen LogP contribution in [0.25, 0.3) is 0 Å². The summed E-state index contributed by atoms with van der Waals surface area (Å²) in [6, 6.07) is 8.02. The molecule has 1 aromatic heterocycles. The largest absolute Gasteiger partial charge is 0.352 e. The van der Waals surface area contributed by atoms with Crippen molar-refractivity contribution in [2.24, 2.45) is 0 Å². The summed E-state index contributed by atoms with van der Waals surface area (Å²) in [5.41, 5.74) is 3.04. The SMILES string of the molecule is C=C1C[C@@H](C)c2c(ncnc2N2CCN(C(=O)[C@H](CNC(C)C)c3ccc(Cl)cc3)C3(CC3)C2)N1. The molecule has 1 amide bonds. The van der Waals surface area contributed by atoms with Gasteiger partial charge in [-0.25, -0.2) is 9.97 Å². The third kappa shape index (κ3) is 4.76. The van der Waals surface area contributed by atoms with Gasteiger partial charge in [-0.2, -0.15) is 0 Å². The molecule has 8 heteroatoms. The van der Waals surface area contributed by atoms with Crippen LogP contribution < -0.4 is 15.5 Å². The highest BCUT2D eigenvalue weighted by molar-refractivity contribution is 6.30. The first-order valence-electron chi connectivity index (χ1n) is 12.6. The lowest BCUT2D eigenvalue weighted by molar-refractivity contribution is -0.136. The first kappa shape index (κ1) is 24.1. The van der Waals surface area contributed by atoms with Crippen molar-refractivity contribution in [3.8, 4) is 0 Å². The predicted molar refractivity (Wildman–Crippen MR) is 141 cm³/mol. The number of nitrogens with zero attached hydrogens (tertiary/aromatic N) is 4. The normalized spacial score (nSPS) is 21.6. The number of piperazine rings is 1. The molecule has 7 nitrogen and oxygen atoms in total. The maximum Gasteiger partial charge on any atom is 0.231 e. The summed E-state index contributed by atoms with van der Waals surface area (Å²) in [6.07, 6.45) is 4.57. The van der Waals surface area contributed by atoms with Gasteiger partial charge in [0, 0.05) is 48.5 Å². The third-order valence-electron chi connectivity index (χ3n) is 7.55. The second kappa shape index (κ2) is 9.43. The highest BCUT2D eigenvalue weighted by Gasteiger charge is 2.54. The molecule has 2 fully saturated rings. The van der Waals surface area contributed by atoms with Gasteiger partial charge in [-0.05, 0) is 42.9 Å². The fraction of sp³-hybridized carbons (Fsp3) is 0.519. The highest BCUT2D eigenvalue weighted by atomic mass is 35.5. The van der Waals surface area contributed by atoms with Gasteiger partial charge in [0.15, 0.2) is 0 Å². The number of carbonyl (C=O) groups excluding carboxylic acids is 1. The monoisotopic (exact) mass is 494 g/mol. The van der Waals surface area contributed by atoms with Gasteiger partial charge >= 0.3 is 0 Å². The van der Waals surface area contributed by atoms with Crippen molar-refractivity contribution in [1.82, 2.24) is 20.2 Å². The Morgan fingerprint density at radius 2 is 2.00 bits per heavy atom. The number of fused-ring (bicyclic) bond motifs is 1. The van der Waals surface area contributed by atoms with Crippen LogP contribution in [0.5, 0.6) is 0 Å². The van der Waals surface area contributed by atoms with Crippen LogP contribution in [-0.4, -0.2) is 58.5 Å². The lowest BCUT2D eigenvalue weighted by Crippen LogP contribution is -2.59. The number of amides is 1. The lowest BCUT2D eigenvalue weighted by atomic mass is 9.92. The topological polar surface area (TPSA) is 73.4 Å². The molecule has 2 N–H and O–H groups in total. The Hall–Kier alpha value is -2.64. The van der Waals surface area contributed by atoms with Crippen LogP contribution in [0.15, 0.2) is 42.9 Å². The summed E-state index contributed by atoms with van der Waals surface area (Å²) in [7, 11) is 0. The number of hydrogen-bond donors (Lipinski definition) is 2. The molecule has 0 radical (unpaired) electrons. The number of benzene rings is 1. The third-order valence-corrected chi connectivity index (χ3v) is 7.80. The Morgan fingerprint density at radius 1 is 1.26 bits per heavy atom. The van der Waals surface area contributed by atoms with E-state index in [1.54, 1.807) is 6.33 Å². The molecule has 186 valence electrons. The zero-order chi connectivity index (χ0) is 24.7. The van der Waals surface area contributed by atoms with E-state index in [2.05, 4.69) is 52.8 Å². The molecule has 5 rings (SSSR count). The van der Waals surface area contributed by atoms with Crippen LogP contribution in [0.1, 0.15) is 63.0 Å². The van der Waals surface area contributed by atoms with Crippen LogP contribution in [0.3, 0.4) is 0 Å². The minimum atomic E-state index is -0.235. The molecule has 2 atom stereocenters. The molecule has 1 saturated carbocycles. The van der Waals surface area contributed by atoms with Crippen molar-refractivity contribution in [1.29, 1.82) is 0 Å². The number of rotatable bonds is 6. The zero-order valence-electron chi connectivity index (χ0n) is 20.9. The van der Waals surface area contributed by atoms with Crippen LogP contribution in [0, 0.1) is 0 Å². The molecular formula is C27H35ClN6O. The maximum atomic E-state index is 14.0. The van der Waals surface area contributed by atoms with Crippen LogP contribution >= 0.6 is 11.6 Å². The summed E-state index contributed by atoms with van der Waals surface area (Å²) in [6.45, 7) is 13.4. The minimum absolute atomic E-state index is 0.120. The van der Waals surface area contributed by atoms with Gasteiger partial charge in [0.1, 0.15) is 18.0 Å². The molecule has 1 saturated heterocycles. The van der Waals surface area contributed by atoms with E-state index >= 15 is 0 Å². The number of allylic oxidation sites excluding steroid dienone is 1. The lowest BCUT2D eigenvalue weighted by Gasteiger charge is -2.45. The second-order valence-electron chi connectivity index (χ2n) is 10.6. The van der Waals surface area contributed by atoms with Crippen molar-refractivity contribution in [2.75, 3.05) is 36.4 Å². The van der Waals surface area contributed by atoms with E-state index in [-0.39, 0.29) is 17.4 Å². The van der Waals surface area contributed by atoms with Gasteiger partial charge in [-0.1, -0.05) is 51.1 Å². The maximum absolute atomic E-state index is 14.0. The Kier molecular flexibility index (Phi) is 6.49. The number of nitrogens with one attached hydrogen (secondary N) is 2. The van der Waals surface area contributed by atoms with E-state index in [0.717, 1.165) is 60.8 Å². The molecule has 1 aliphatic carbocycles. The molecule has 2 aliphatic heterocycles. The molecule has 1 spiro atoms. The summed E-state index contributed by atoms with van der Waals surface area (Å²) >= 11 is 6.13. The second-order valence-corrected chi connectivity index (χ2v) is 11.0. The molecule has 2 aromatic rings. The summed E-state index contributed by atoms with van der Waals surface area (Å²) in [4.78, 5) is 27.7. The quantitative estimate of drug-likeness (QED) is 0.614. The predicted octanol–water partition coefficient (Wildman–Crippen LogP) is 4.53. The smallest absolute Gasteiger partial charge is 0.231 e. The Labute approximate surface area is 213 Å². The number of halogens is 1. The van der Waals surface area contributed by atoms with Gasteiger partial charge in [0.2, 0.25) is 5.91 Å². The average Bonchev–Trinajstić information content (AvgIpc) is 3.58. The Morgan fingerprint density at radius 3 is 2.69 bits per heavy atom. The number of aromatic nitrogens is 2. The van der Waals surface area contributed by atoms with E-state index in [1.165, 1.54) is 0 Å². The van der Waals surface area contributed by atoms with Crippen molar-refractivity contribution >= 4 is 29.1 Å². The first-order valence-corrected chi connectivity index (χ1v) is 13.0. The summed E-state index contributed by atoms with van der Waals surface area (Å²) in [5, 5.41) is 7.51. The van der Waals surface area contributed by atoms with E-state index in [9.17, 15) is 4.79 Å². The molecule has 35 heavy (non-hydrogen) atoms. The molecular weight excluding hydrogens is 460 g/mol.